The predicted octanol–water partition coefficient (Wildman–Crippen LogP) is -0.432. The summed E-state index contributed by atoms with van der Waals surface area (Å²) in [6.07, 6.45) is 0. The van der Waals surface area contributed by atoms with Gasteiger partial charge in [0.1, 0.15) is 11.6 Å². The maximum absolute atomic E-state index is 10.5. The Morgan fingerprint density at radius 1 is 0.889 bits per heavy atom. The van der Waals surface area contributed by atoms with Crippen LogP contribution in [0, 0.1) is 13.8 Å². The molecule has 0 saturated heterocycles. The largest absolute Gasteiger partial charge is 0.493 e. The van der Waals surface area contributed by atoms with E-state index in [1.807, 2.05) is 0 Å². The van der Waals surface area contributed by atoms with E-state index in [9.17, 15) is 9.59 Å². The highest BCUT2D eigenvalue weighted by atomic mass is 16.3. The van der Waals surface area contributed by atoms with Gasteiger partial charge in [-0.3, -0.25) is 9.59 Å². The van der Waals surface area contributed by atoms with Gasteiger partial charge in [0.15, 0.2) is 0 Å². The molecule has 0 aliphatic rings. The molecule has 96 valence electrons. The number of nitrogens with one attached hydrogen (secondary N) is 2. The standard InChI is InChI=1S/2C5H6N2O2/c2*1-3-6-4(8)2-5(9)7-3/h2*2H,1H3,(H2,6,7,8,9). The number of hydrogen-bond acceptors (Lipinski definition) is 6. The van der Waals surface area contributed by atoms with E-state index in [4.69, 9.17) is 10.2 Å². The van der Waals surface area contributed by atoms with Crippen LogP contribution >= 0.6 is 0 Å². The molecule has 2 rings (SSSR count). The van der Waals surface area contributed by atoms with E-state index in [-0.39, 0.29) is 22.9 Å². The fourth-order valence-corrected chi connectivity index (χ4v) is 1.13. The van der Waals surface area contributed by atoms with Gasteiger partial charge in [-0.15, -0.1) is 0 Å². The minimum atomic E-state index is -0.333. The van der Waals surface area contributed by atoms with E-state index in [1.165, 1.54) is 0 Å². The van der Waals surface area contributed by atoms with Gasteiger partial charge in [-0.05, 0) is 13.8 Å². The van der Waals surface area contributed by atoms with Crippen LogP contribution in [-0.2, 0) is 0 Å². The molecule has 18 heavy (non-hydrogen) atoms. The summed E-state index contributed by atoms with van der Waals surface area (Å²) in [7, 11) is 0. The lowest BCUT2D eigenvalue weighted by Crippen LogP contribution is -2.06. The fourth-order valence-electron chi connectivity index (χ4n) is 1.13. The van der Waals surface area contributed by atoms with Crippen molar-refractivity contribution in [3.63, 3.8) is 0 Å². The van der Waals surface area contributed by atoms with Crippen LogP contribution in [0.25, 0.3) is 0 Å². The molecule has 0 aliphatic heterocycles. The Kier molecular flexibility index (Phi) is 4.19. The van der Waals surface area contributed by atoms with Crippen LogP contribution < -0.4 is 11.1 Å². The molecule has 0 bridgehead atoms. The van der Waals surface area contributed by atoms with Crippen molar-refractivity contribution in [2.24, 2.45) is 0 Å². The molecule has 0 aliphatic carbocycles. The van der Waals surface area contributed by atoms with Gasteiger partial charge in [0, 0.05) is 0 Å². The Hall–Kier alpha value is -2.64. The second-order valence-corrected chi connectivity index (χ2v) is 3.38. The molecule has 0 aromatic carbocycles. The highest BCUT2D eigenvalue weighted by Crippen LogP contribution is 1.95. The first-order valence-corrected chi connectivity index (χ1v) is 4.90. The summed E-state index contributed by atoms with van der Waals surface area (Å²) in [4.78, 5) is 32.7. The Bertz CT molecular complexity index is 543. The number of aromatic amines is 2. The Morgan fingerprint density at radius 2 is 1.22 bits per heavy atom. The molecule has 4 N–H and O–H groups in total. The lowest BCUT2D eigenvalue weighted by molar-refractivity contribution is 0.448. The van der Waals surface area contributed by atoms with Gasteiger partial charge in [0.2, 0.25) is 11.8 Å². The summed E-state index contributed by atoms with van der Waals surface area (Å²) in [6, 6.07) is 2.04. The maximum Gasteiger partial charge on any atom is 0.254 e. The summed E-state index contributed by atoms with van der Waals surface area (Å²) in [5.41, 5.74) is -0.667. The first-order valence-electron chi connectivity index (χ1n) is 4.90. The van der Waals surface area contributed by atoms with Crippen LogP contribution in [-0.4, -0.2) is 30.1 Å². The molecule has 8 heteroatoms. The lowest BCUT2D eigenvalue weighted by Gasteiger charge is -1.89. The van der Waals surface area contributed by atoms with Crippen molar-refractivity contribution in [2.75, 3.05) is 0 Å². The molecule has 0 fully saturated rings. The minimum Gasteiger partial charge on any atom is -0.493 e. The van der Waals surface area contributed by atoms with Crippen LogP contribution in [0.5, 0.6) is 11.8 Å². The maximum atomic E-state index is 10.5. The molecule has 0 saturated carbocycles. The van der Waals surface area contributed by atoms with Crippen molar-refractivity contribution < 1.29 is 10.2 Å². The smallest absolute Gasteiger partial charge is 0.254 e. The van der Waals surface area contributed by atoms with Crippen LogP contribution in [0.3, 0.4) is 0 Å². The molecule has 0 amide bonds. The number of rotatable bonds is 0. The minimum absolute atomic E-state index is 0.240. The monoisotopic (exact) mass is 252 g/mol. The number of H-pyrrole nitrogens is 2. The molecule has 2 heterocycles. The Morgan fingerprint density at radius 3 is 1.44 bits per heavy atom. The van der Waals surface area contributed by atoms with E-state index < -0.39 is 0 Å². The van der Waals surface area contributed by atoms with Gasteiger partial charge in [0.05, 0.1) is 12.1 Å². The van der Waals surface area contributed by atoms with Gasteiger partial charge < -0.3 is 20.2 Å². The number of aromatic nitrogens is 4. The second-order valence-electron chi connectivity index (χ2n) is 3.38. The van der Waals surface area contributed by atoms with Gasteiger partial charge in [-0.1, -0.05) is 0 Å². The first-order chi connectivity index (χ1) is 8.36. The van der Waals surface area contributed by atoms with E-state index in [0.29, 0.717) is 11.6 Å². The van der Waals surface area contributed by atoms with Crippen molar-refractivity contribution >= 4 is 0 Å². The molecular formula is C10H12N4O4. The highest BCUT2D eigenvalue weighted by Gasteiger charge is 1.91. The average molecular weight is 252 g/mol. The average Bonchev–Trinajstić information content (AvgIpc) is 2.12. The lowest BCUT2D eigenvalue weighted by atomic mass is 10.6. The number of nitrogens with zero attached hydrogens (tertiary/aromatic N) is 2. The van der Waals surface area contributed by atoms with E-state index in [1.54, 1.807) is 13.8 Å². The summed E-state index contributed by atoms with van der Waals surface area (Å²) in [6.45, 7) is 3.20. The van der Waals surface area contributed by atoms with Crippen molar-refractivity contribution in [3.8, 4) is 11.8 Å². The van der Waals surface area contributed by atoms with Crippen molar-refractivity contribution in [3.05, 3.63) is 44.5 Å². The summed E-state index contributed by atoms with van der Waals surface area (Å²) in [5, 5.41) is 17.3. The molecule has 0 atom stereocenters. The van der Waals surface area contributed by atoms with Crippen LogP contribution in [0.4, 0.5) is 0 Å². The zero-order valence-electron chi connectivity index (χ0n) is 9.76. The van der Waals surface area contributed by atoms with Crippen molar-refractivity contribution in [1.29, 1.82) is 0 Å². The third kappa shape index (κ3) is 4.47. The van der Waals surface area contributed by atoms with Crippen molar-refractivity contribution in [2.45, 2.75) is 13.8 Å². The van der Waals surface area contributed by atoms with Crippen LogP contribution in [0.1, 0.15) is 11.6 Å². The van der Waals surface area contributed by atoms with Gasteiger partial charge >= 0.3 is 0 Å². The SMILES string of the molecule is Cc1nc(O)cc(=O)[nH]1.Cc1nc(O)cc(=O)[nH]1. The summed E-state index contributed by atoms with van der Waals surface area (Å²) >= 11 is 0. The molecule has 0 unspecified atom stereocenters. The Labute approximate surface area is 101 Å². The summed E-state index contributed by atoms with van der Waals surface area (Å²) < 4.78 is 0. The molecule has 8 nitrogen and oxygen atoms in total. The number of aromatic hydroxyl groups is 2. The zero-order chi connectivity index (χ0) is 13.7. The molecule has 2 aromatic heterocycles. The van der Waals surface area contributed by atoms with Gasteiger partial charge in [0.25, 0.3) is 11.1 Å². The molecule has 0 radical (unpaired) electrons. The van der Waals surface area contributed by atoms with Crippen molar-refractivity contribution in [1.82, 2.24) is 19.9 Å². The molecular weight excluding hydrogens is 240 g/mol. The third-order valence-corrected chi connectivity index (χ3v) is 1.69. The predicted molar refractivity (Wildman–Crippen MR) is 62.5 cm³/mol. The number of hydrogen-bond donors (Lipinski definition) is 4. The zero-order valence-corrected chi connectivity index (χ0v) is 9.76. The van der Waals surface area contributed by atoms with Gasteiger partial charge in [-0.25, -0.2) is 9.97 Å². The van der Waals surface area contributed by atoms with E-state index in [0.717, 1.165) is 12.1 Å². The Balaban J connectivity index is 0.000000180. The molecule has 2 aromatic rings. The van der Waals surface area contributed by atoms with Crippen LogP contribution in [0.2, 0.25) is 0 Å². The normalized spacial score (nSPS) is 9.44. The third-order valence-electron chi connectivity index (χ3n) is 1.69. The number of aryl methyl sites for hydroxylation is 2. The topological polar surface area (TPSA) is 132 Å². The highest BCUT2D eigenvalue weighted by molar-refractivity contribution is 5.05. The first kappa shape index (κ1) is 13.4. The fraction of sp³-hybridized carbons (Fsp3) is 0.200. The molecule has 0 spiro atoms. The van der Waals surface area contributed by atoms with Gasteiger partial charge in [-0.2, -0.15) is 0 Å². The van der Waals surface area contributed by atoms with E-state index >= 15 is 0 Å². The quantitative estimate of drug-likeness (QED) is 0.503. The summed E-state index contributed by atoms with van der Waals surface area (Å²) in [5.74, 6) is 0.354. The second kappa shape index (κ2) is 5.62. The van der Waals surface area contributed by atoms with E-state index in [2.05, 4.69) is 19.9 Å². The van der Waals surface area contributed by atoms with Crippen LogP contribution in [0.15, 0.2) is 21.7 Å².